The normalized spacial score (nSPS) is 17.7. The van der Waals surface area contributed by atoms with Crippen molar-refractivity contribution in [1.29, 1.82) is 0 Å². The van der Waals surface area contributed by atoms with E-state index in [0.29, 0.717) is 0 Å². The fraction of sp³-hybridized carbons (Fsp3) is 0.688. The van der Waals surface area contributed by atoms with Crippen LogP contribution in [0.1, 0.15) is 24.2 Å². The van der Waals surface area contributed by atoms with Gasteiger partial charge in [-0.2, -0.15) is 0 Å². The molecule has 0 saturated carbocycles. The van der Waals surface area contributed by atoms with Gasteiger partial charge in [-0.05, 0) is 45.9 Å². The smallest absolute Gasteiger partial charge is 0.122 e. The van der Waals surface area contributed by atoms with E-state index in [2.05, 4.69) is 14.8 Å². The summed E-state index contributed by atoms with van der Waals surface area (Å²) in [5.41, 5.74) is 7.72. The van der Waals surface area contributed by atoms with Gasteiger partial charge in [0.2, 0.25) is 0 Å². The van der Waals surface area contributed by atoms with Crippen LogP contribution in [0.15, 0.2) is 12.1 Å². The van der Waals surface area contributed by atoms with E-state index < -0.39 is 0 Å². The maximum atomic E-state index is 5.60. The number of nitrogens with two attached hydrogens (primary N) is 1. The second kappa shape index (κ2) is 8.32. The summed E-state index contributed by atoms with van der Waals surface area (Å²) in [4.78, 5) is 9.64. The van der Waals surface area contributed by atoms with Crippen LogP contribution in [0.4, 0.5) is 0 Å². The predicted octanol–water partition coefficient (Wildman–Crippen LogP) is 1.26. The molecule has 0 aromatic carbocycles. The van der Waals surface area contributed by atoms with Crippen molar-refractivity contribution in [2.75, 3.05) is 46.4 Å². The Morgan fingerprint density at radius 1 is 1.19 bits per heavy atom. The van der Waals surface area contributed by atoms with Gasteiger partial charge in [-0.15, -0.1) is 0 Å². The van der Waals surface area contributed by atoms with E-state index in [0.717, 1.165) is 62.8 Å². The summed E-state index contributed by atoms with van der Waals surface area (Å²) in [5, 5.41) is 0. The van der Waals surface area contributed by atoms with Crippen LogP contribution in [-0.4, -0.2) is 61.2 Å². The van der Waals surface area contributed by atoms with E-state index in [9.17, 15) is 0 Å². The molecule has 0 atom stereocenters. The number of ether oxygens (including phenoxy) is 1. The van der Waals surface area contributed by atoms with Crippen molar-refractivity contribution in [2.45, 2.75) is 26.3 Å². The summed E-state index contributed by atoms with van der Waals surface area (Å²) in [6.07, 6.45) is 2.31. The monoisotopic (exact) mass is 292 g/mol. The predicted molar refractivity (Wildman–Crippen MR) is 85.5 cm³/mol. The lowest BCUT2D eigenvalue weighted by Gasteiger charge is -2.21. The van der Waals surface area contributed by atoms with Crippen LogP contribution in [-0.2, 0) is 6.54 Å². The Labute approximate surface area is 128 Å². The fourth-order valence-electron chi connectivity index (χ4n) is 2.85. The first-order chi connectivity index (χ1) is 10.2. The molecule has 21 heavy (non-hydrogen) atoms. The third kappa shape index (κ3) is 5.26. The summed E-state index contributed by atoms with van der Waals surface area (Å²) in [6.45, 7) is 9.38. The lowest BCUT2D eigenvalue weighted by molar-refractivity contribution is 0.248. The molecule has 2 rings (SSSR count). The molecule has 1 aromatic rings. The minimum atomic E-state index is 0.785. The van der Waals surface area contributed by atoms with Crippen LogP contribution in [0.2, 0.25) is 0 Å². The van der Waals surface area contributed by atoms with Crippen molar-refractivity contribution >= 4 is 0 Å². The first-order valence-corrected chi connectivity index (χ1v) is 7.87. The van der Waals surface area contributed by atoms with Crippen LogP contribution >= 0.6 is 0 Å². The topological polar surface area (TPSA) is 54.6 Å². The highest BCUT2D eigenvalue weighted by molar-refractivity contribution is 5.26. The second-order valence-electron chi connectivity index (χ2n) is 5.75. The molecule has 1 aliphatic heterocycles. The summed E-state index contributed by atoms with van der Waals surface area (Å²) >= 11 is 0. The van der Waals surface area contributed by atoms with Crippen molar-refractivity contribution in [3.05, 3.63) is 23.5 Å². The van der Waals surface area contributed by atoms with Crippen LogP contribution in [0.5, 0.6) is 5.75 Å². The van der Waals surface area contributed by atoms with Gasteiger partial charge >= 0.3 is 0 Å². The van der Waals surface area contributed by atoms with E-state index in [1.165, 1.54) is 13.0 Å². The van der Waals surface area contributed by atoms with Crippen LogP contribution in [0.25, 0.3) is 0 Å². The molecule has 5 heteroatoms. The van der Waals surface area contributed by atoms with Gasteiger partial charge in [0.15, 0.2) is 0 Å². The Hall–Kier alpha value is -1.17. The van der Waals surface area contributed by atoms with Crippen molar-refractivity contribution < 1.29 is 4.74 Å². The highest BCUT2D eigenvalue weighted by Crippen LogP contribution is 2.15. The van der Waals surface area contributed by atoms with E-state index in [1.54, 1.807) is 7.11 Å². The summed E-state index contributed by atoms with van der Waals surface area (Å²) < 4.78 is 5.33. The minimum Gasteiger partial charge on any atom is -0.497 e. The zero-order valence-corrected chi connectivity index (χ0v) is 13.3. The summed E-state index contributed by atoms with van der Waals surface area (Å²) in [5.74, 6) is 0.900. The van der Waals surface area contributed by atoms with Gasteiger partial charge in [-0.25, -0.2) is 0 Å². The maximum absolute atomic E-state index is 5.60. The Balaban J connectivity index is 1.89. The second-order valence-corrected chi connectivity index (χ2v) is 5.75. The van der Waals surface area contributed by atoms with Gasteiger partial charge < -0.3 is 15.4 Å². The average molecular weight is 292 g/mol. The molecule has 1 fully saturated rings. The Kier molecular flexibility index (Phi) is 6.42. The van der Waals surface area contributed by atoms with Crippen molar-refractivity contribution in [3.8, 4) is 5.75 Å². The van der Waals surface area contributed by atoms with E-state index >= 15 is 0 Å². The largest absolute Gasteiger partial charge is 0.497 e. The molecule has 1 aliphatic rings. The summed E-state index contributed by atoms with van der Waals surface area (Å²) in [6, 6.07) is 4.02. The molecule has 0 bridgehead atoms. The summed E-state index contributed by atoms with van der Waals surface area (Å²) in [7, 11) is 1.71. The Morgan fingerprint density at radius 3 is 2.71 bits per heavy atom. The number of hydrogen-bond acceptors (Lipinski definition) is 5. The standard InChI is InChI=1S/C16H28N4O/c1-14-11-16(21-2)12-15(18-14)13-20-8-4-7-19(9-10-20)6-3-5-17/h11-12H,3-10,13,17H2,1-2H3. The molecular weight excluding hydrogens is 264 g/mol. The average Bonchev–Trinajstić information content (AvgIpc) is 2.70. The van der Waals surface area contributed by atoms with Crippen molar-refractivity contribution in [2.24, 2.45) is 5.73 Å². The highest BCUT2D eigenvalue weighted by Gasteiger charge is 2.15. The van der Waals surface area contributed by atoms with Gasteiger partial charge in [0.05, 0.1) is 12.8 Å². The first kappa shape index (κ1) is 16.2. The molecule has 1 aromatic heterocycles. The maximum Gasteiger partial charge on any atom is 0.122 e. The molecule has 2 N–H and O–H groups in total. The molecule has 0 spiro atoms. The van der Waals surface area contributed by atoms with E-state index in [-0.39, 0.29) is 0 Å². The number of methoxy groups -OCH3 is 1. The van der Waals surface area contributed by atoms with Gasteiger partial charge in [0.25, 0.3) is 0 Å². The minimum absolute atomic E-state index is 0.785. The van der Waals surface area contributed by atoms with Crippen LogP contribution in [0.3, 0.4) is 0 Å². The quantitative estimate of drug-likeness (QED) is 0.855. The molecule has 118 valence electrons. The van der Waals surface area contributed by atoms with E-state index in [1.807, 2.05) is 19.1 Å². The molecule has 5 nitrogen and oxygen atoms in total. The molecule has 2 heterocycles. The molecule has 1 saturated heterocycles. The van der Waals surface area contributed by atoms with Crippen LogP contribution < -0.4 is 10.5 Å². The molecule has 0 radical (unpaired) electrons. The van der Waals surface area contributed by atoms with Gasteiger partial charge in [0.1, 0.15) is 5.75 Å². The van der Waals surface area contributed by atoms with Gasteiger partial charge in [-0.3, -0.25) is 9.88 Å². The molecule has 0 aliphatic carbocycles. The van der Waals surface area contributed by atoms with Gasteiger partial charge in [0, 0.05) is 37.5 Å². The third-order valence-corrected chi connectivity index (χ3v) is 3.96. The number of aromatic nitrogens is 1. The molecular formula is C16H28N4O. The number of pyridine rings is 1. The molecule has 0 amide bonds. The van der Waals surface area contributed by atoms with Crippen molar-refractivity contribution in [3.63, 3.8) is 0 Å². The Bertz CT molecular complexity index is 438. The Morgan fingerprint density at radius 2 is 1.95 bits per heavy atom. The lowest BCUT2D eigenvalue weighted by atomic mass is 10.2. The third-order valence-electron chi connectivity index (χ3n) is 3.96. The number of hydrogen-bond donors (Lipinski definition) is 1. The number of rotatable bonds is 6. The van der Waals surface area contributed by atoms with E-state index in [4.69, 9.17) is 10.5 Å². The van der Waals surface area contributed by atoms with Crippen LogP contribution in [0, 0.1) is 6.92 Å². The number of nitrogens with zero attached hydrogens (tertiary/aromatic N) is 3. The molecule has 0 unspecified atom stereocenters. The zero-order chi connectivity index (χ0) is 15.1. The highest BCUT2D eigenvalue weighted by atomic mass is 16.5. The first-order valence-electron chi connectivity index (χ1n) is 7.87. The zero-order valence-electron chi connectivity index (χ0n) is 13.3. The fourth-order valence-corrected chi connectivity index (χ4v) is 2.85. The SMILES string of the molecule is COc1cc(C)nc(CN2CCCN(CCCN)CC2)c1. The lowest BCUT2D eigenvalue weighted by Crippen LogP contribution is -2.32. The number of aryl methyl sites for hydroxylation is 1. The van der Waals surface area contributed by atoms with Crippen molar-refractivity contribution in [1.82, 2.24) is 14.8 Å². The van der Waals surface area contributed by atoms with Gasteiger partial charge in [-0.1, -0.05) is 0 Å².